The van der Waals surface area contributed by atoms with Crippen LogP contribution in [0.25, 0.3) is 0 Å². The van der Waals surface area contributed by atoms with Gasteiger partial charge in [0.15, 0.2) is 11.6 Å². The number of carbonyl (C=O) groups is 3. The molecular weight excluding hydrogens is 314 g/mol. The molecule has 0 aromatic heterocycles. The van der Waals surface area contributed by atoms with Crippen molar-refractivity contribution in [3.63, 3.8) is 0 Å². The van der Waals surface area contributed by atoms with Crippen molar-refractivity contribution in [1.29, 1.82) is 0 Å². The summed E-state index contributed by atoms with van der Waals surface area (Å²) in [4.78, 5) is 39.3. The standard InChI is InChI=1S/C18H20ClNO3/c1-11(21)20(12-7-3-2-4-8-12)16-15(19)17(22)13-9-5-6-10-14(13)18(16)23/h5-6,9-10,12,15-16H,2-4,7-8H2,1H3. The topological polar surface area (TPSA) is 54.5 Å². The molecule has 2 atom stereocenters. The SMILES string of the molecule is CC(=O)N(C1CCCCC1)C1C(=O)c2ccccc2C(=O)C1Cl. The maximum absolute atomic E-state index is 12.9. The summed E-state index contributed by atoms with van der Waals surface area (Å²) in [5.41, 5.74) is 0.738. The van der Waals surface area contributed by atoms with Gasteiger partial charge in [0.25, 0.3) is 0 Å². The van der Waals surface area contributed by atoms with Gasteiger partial charge >= 0.3 is 0 Å². The van der Waals surface area contributed by atoms with E-state index < -0.39 is 11.4 Å². The maximum atomic E-state index is 12.9. The summed E-state index contributed by atoms with van der Waals surface area (Å²) in [6.07, 6.45) is 4.94. The fourth-order valence-corrected chi connectivity index (χ4v) is 4.16. The van der Waals surface area contributed by atoms with Gasteiger partial charge in [-0.3, -0.25) is 14.4 Å². The zero-order valence-electron chi connectivity index (χ0n) is 13.1. The third kappa shape index (κ3) is 2.80. The Bertz CT molecular complexity index is 651. The molecule has 5 heteroatoms. The minimum absolute atomic E-state index is 0.00508. The summed E-state index contributed by atoms with van der Waals surface area (Å²) in [6, 6.07) is 5.82. The molecule has 1 aromatic rings. The van der Waals surface area contributed by atoms with E-state index >= 15 is 0 Å². The van der Waals surface area contributed by atoms with E-state index in [0.29, 0.717) is 11.1 Å². The van der Waals surface area contributed by atoms with Crippen LogP contribution in [0.5, 0.6) is 0 Å². The highest BCUT2D eigenvalue weighted by Gasteiger charge is 2.46. The predicted octanol–water partition coefficient (Wildman–Crippen LogP) is 3.22. The molecule has 0 radical (unpaired) electrons. The van der Waals surface area contributed by atoms with E-state index in [4.69, 9.17) is 11.6 Å². The Kier molecular flexibility index (Phi) is 4.53. The Morgan fingerprint density at radius 2 is 1.61 bits per heavy atom. The van der Waals surface area contributed by atoms with E-state index in [1.165, 1.54) is 6.92 Å². The second kappa shape index (κ2) is 6.44. The molecule has 1 fully saturated rings. The van der Waals surface area contributed by atoms with E-state index in [9.17, 15) is 14.4 Å². The molecule has 1 saturated carbocycles. The van der Waals surface area contributed by atoms with Crippen LogP contribution in [0, 0.1) is 0 Å². The third-order valence-corrected chi connectivity index (χ3v) is 5.32. The zero-order chi connectivity index (χ0) is 16.6. The van der Waals surface area contributed by atoms with Crippen molar-refractivity contribution in [1.82, 2.24) is 4.90 Å². The van der Waals surface area contributed by atoms with Gasteiger partial charge in [0, 0.05) is 24.1 Å². The molecule has 0 N–H and O–H groups in total. The molecular formula is C18H20ClNO3. The Hall–Kier alpha value is -1.68. The lowest BCUT2D eigenvalue weighted by molar-refractivity contribution is -0.133. The largest absolute Gasteiger partial charge is 0.328 e. The van der Waals surface area contributed by atoms with Crippen molar-refractivity contribution in [2.75, 3.05) is 0 Å². The summed E-state index contributed by atoms with van der Waals surface area (Å²) in [5, 5.41) is -1.01. The molecule has 122 valence electrons. The van der Waals surface area contributed by atoms with Gasteiger partial charge in [0.1, 0.15) is 11.4 Å². The van der Waals surface area contributed by atoms with E-state index in [-0.39, 0.29) is 23.5 Å². The molecule has 3 rings (SSSR count). The minimum Gasteiger partial charge on any atom is -0.328 e. The van der Waals surface area contributed by atoms with Crippen LogP contribution in [0.4, 0.5) is 0 Å². The number of benzene rings is 1. The molecule has 0 spiro atoms. The normalized spacial score (nSPS) is 25.1. The van der Waals surface area contributed by atoms with Crippen molar-refractivity contribution >= 4 is 29.1 Å². The van der Waals surface area contributed by atoms with E-state index in [0.717, 1.165) is 32.1 Å². The highest BCUT2D eigenvalue weighted by molar-refractivity contribution is 6.39. The van der Waals surface area contributed by atoms with Crippen LogP contribution in [0.2, 0.25) is 0 Å². The maximum Gasteiger partial charge on any atom is 0.220 e. The Morgan fingerprint density at radius 3 is 2.17 bits per heavy atom. The lowest BCUT2D eigenvalue weighted by Gasteiger charge is -2.41. The fraction of sp³-hybridized carbons (Fsp3) is 0.500. The van der Waals surface area contributed by atoms with E-state index in [1.807, 2.05) is 0 Å². The Labute approximate surface area is 140 Å². The van der Waals surface area contributed by atoms with E-state index in [2.05, 4.69) is 0 Å². The number of fused-ring (bicyclic) bond motifs is 1. The zero-order valence-corrected chi connectivity index (χ0v) is 13.9. The molecule has 2 aliphatic carbocycles. The monoisotopic (exact) mass is 333 g/mol. The summed E-state index contributed by atoms with van der Waals surface area (Å²) < 4.78 is 0. The molecule has 1 amide bonds. The van der Waals surface area contributed by atoms with Gasteiger partial charge in [0.2, 0.25) is 5.91 Å². The molecule has 2 aliphatic rings. The highest BCUT2D eigenvalue weighted by Crippen LogP contribution is 2.32. The second-order valence-corrected chi connectivity index (χ2v) is 6.81. The summed E-state index contributed by atoms with van der Waals surface area (Å²) >= 11 is 6.35. The minimum atomic E-state index is -1.01. The van der Waals surface area contributed by atoms with Crippen molar-refractivity contribution in [2.24, 2.45) is 0 Å². The van der Waals surface area contributed by atoms with Crippen molar-refractivity contribution in [3.8, 4) is 0 Å². The number of hydrogen-bond donors (Lipinski definition) is 0. The van der Waals surface area contributed by atoms with Gasteiger partial charge in [-0.2, -0.15) is 0 Å². The first-order valence-electron chi connectivity index (χ1n) is 8.13. The van der Waals surface area contributed by atoms with Crippen molar-refractivity contribution < 1.29 is 14.4 Å². The molecule has 0 aliphatic heterocycles. The molecule has 4 nitrogen and oxygen atoms in total. The predicted molar refractivity (Wildman–Crippen MR) is 87.9 cm³/mol. The number of carbonyl (C=O) groups excluding carboxylic acids is 3. The lowest BCUT2D eigenvalue weighted by Crippen LogP contribution is -2.58. The number of hydrogen-bond acceptors (Lipinski definition) is 3. The second-order valence-electron chi connectivity index (χ2n) is 6.34. The van der Waals surface area contributed by atoms with Crippen LogP contribution in [0.3, 0.4) is 0 Å². The number of amides is 1. The lowest BCUT2D eigenvalue weighted by atomic mass is 9.83. The van der Waals surface area contributed by atoms with Crippen LogP contribution in [0.15, 0.2) is 24.3 Å². The van der Waals surface area contributed by atoms with Gasteiger partial charge in [-0.05, 0) is 12.8 Å². The molecule has 0 saturated heterocycles. The number of ketones is 2. The number of alkyl halides is 1. The van der Waals surface area contributed by atoms with Gasteiger partial charge in [-0.1, -0.05) is 43.5 Å². The quantitative estimate of drug-likeness (QED) is 0.781. The van der Waals surface area contributed by atoms with Gasteiger partial charge in [-0.15, -0.1) is 11.6 Å². The molecule has 2 unspecified atom stereocenters. The average molecular weight is 334 g/mol. The van der Waals surface area contributed by atoms with Crippen molar-refractivity contribution in [3.05, 3.63) is 35.4 Å². The van der Waals surface area contributed by atoms with Crippen LogP contribution >= 0.6 is 11.6 Å². The number of halogens is 1. The summed E-state index contributed by atoms with van der Waals surface area (Å²) in [6.45, 7) is 1.45. The summed E-state index contributed by atoms with van der Waals surface area (Å²) in [7, 11) is 0. The molecule has 0 heterocycles. The third-order valence-electron chi connectivity index (χ3n) is 4.89. The van der Waals surface area contributed by atoms with Crippen LogP contribution in [-0.2, 0) is 4.79 Å². The molecule has 0 bridgehead atoms. The number of Topliss-reactive ketones (excluding diaryl/α,β-unsaturated/α-hetero) is 2. The van der Waals surface area contributed by atoms with Gasteiger partial charge < -0.3 is 4.90 Å². The average Bonchev–Trinajstić information content (AvgIpc) is 2.57. The number of rotatable bonds is 2. The first-order valence-corrected chi connectivity index (χ1v) is 8.56. The highest BCUT2D eigenvalue weighted by atomic mass is 35.5. The first kappa shape index (κ1) is 16.2. The van der Waals surface area contributed by atoms with Gasteiger partial charge in [-0.25, -0.2) is 0 Å². The van der Waals surface area contributed by atoms with Crippen LogP contribution in [-0.4, -0.2) is 39.8 Å². The first-order chi connectivity index (χ1) is 11.0. The summed E-state index contributed by atoms with van der Waals surface area (Å²) in [5.74, 6) is -0.678. The Balaban J connectivity index is 2.01. The fourth-order valence-electron chi connectivity index (χ4n) is 3.80. The Morgan fingerprint density at radius 1 is 1.04 bits per heavy atom. The van der Waals surface area contributed by atoms with Crippen molar-refractivity contribution in [2.45, 2.75) is 56.5 Å². The van der Waals surface area contributed by atoms with Gasteiger partial charge in [0.05, 0.1) is 0 Å². The van der Waals surface area contributed by atoms with Crippen LogP contribution < -0.4 is 0 Å². The smallest absolute Gasteiger partial charge is 0.220 e. The number of nitrogens with zero attached hydrogens (tertiary/aromatic N) is 1. The molecule has 23 heavy (non-hydrogen) atoms. The van der Waals surface area contributed by atoms with E-state index in [1.54, 1.807) is 29.2 Å². The molecule has 1 aromatic carbocycles. The van der Waals surface area contributed by atoms with Crippen LogP contribution in [0.1, 0.15) is 59.7 Å².